The standard InChI is InChI=1S/C19H19F3N2O/c1-14-16(19(20,21)22)8-5-9-17(14)23-10-12-24(13-11-23)18(25)15-6-3-2-4-7-15/h2-9H,10-13H2,1H3. The van der Waals surface area contributed by atoms with E-state index in [1.54, 1.807) is 23.1 Å². The van der Waals surface area contributed by atoms with Crippen LogP contribution < -0.4 is 4.90 Å². The number of hydrogen-bond acceptors (Lipinski definition) is 2. The van der Waals surface area contributed by atoms with Gasteiger partial charge >= 0.3 is 6.18 Å². The zero-order valence-corrected chi connectivity index (χ0v) is 13.9. The molecule has 0 bridgehead atoms. The number of piperazine rings is 1. The molecule has 0 atom stereocenters. The van der Waals surface area contributed by atoms with Crippen LogP contribution in [-0.4, -0.2) is 37.0 Å². The molecule has 0 saturated carbocycles. The van der Waals surface area contributed by atoms with E-state index in [0.29, 0.717) is 37.4 Å². The summed E-state index contributed by atoms with van der Waals surface area (Å²) in [6.07, 6.45) is -4.36. The Morgan fingerprint density at radius 3 is 2.16 bits per heavy atom. The Morgan fingerprint density at radius 2 is 1.56 bits per heavy atom. The molecule has 3 rings (SSSR count). The van der Waals surface area contributed by atoms with Crippen LogP contribution >= 0.6 is 0 Å². The van der Waals surface area contributed by atoms with Gasteiger partial charge < -0.3 is 9.80 Å². The van der Waals surface area contributed by atoms with Crippen molar-refractivity contribution >= 4 is 11.6 Å². The van der Waals surface area contributed by atoms with E-state index < -0.39 is 11.7 Å². The number of benzene rings is 2. The third kappa shape index (κ3) is 3.62. The molecular weight excluding hydrogens is 329 g/mol. The van der Waals surface area contributed by atoms with Gasteiger partial charge in [0.05, 0.1) is 5.56 Å². The van der Waals surface area contributed by atoms with Crippen molar-refractivity contribution in [2.45, 2.75) is 13.1 Å². The maximum absolute atomic E-state index is 13.1. The van der Waals surface area contributed by atoms with E-state index >= 15 is 0 Å². The fraction of sp³-hybridized carbons (Fsp3) is 0.316. The van der Waals surface area contributed by atoms with Crippen molar-refractivity contribution < 1.29 is 18.0 Å². The molecule has 1 aliphatic heterocycles. The number of anilines is 1. The van der Waals surface area contributed by atoms with Crippen molar-refractivity contribution in [3.05, 3.63) is 65.2 Å². The van der Waals surface area contributed by atoms with Crippen LogP contribution in [0, 0.1) is 6.92 Å². The number of halogens is 3. The summed E-state index contributed by atoms with van der Waals surface area (Å²) in [5.74, 6) is -0.0407. The first-order valence-electron chi connectivity index (χ1n) is 8.14. The smallest absolute Gasteiger partial charge is 0.368 e. The predicted octanol–water partition coefficient (Wildman–Crippen LogP) is 3.98. The van der Waals surface area contributed by atoms with E-state index in [4.69, 9.17) is 0 Å². The largest absolute Gasteiger partial charge is 0.416 e. The molecule has 1 fully saturated rings. The second-order valence-electron chi connectivity index (χ2n) is 6.09. The molecule has 3 nitrogen and oxygen atoms in total. The monoisotopic (exact) mass is 348 g/mol. The molecule has 1 saturated heterocycles. The molecule has 132 valence electrons. The summed E-state index contributed by atoms with van der Waals surface area (Å²) >= 11 is 0. The molecule has 0 unspecified atom stereocenters. The van der Waals surface area contributed by atoms with Gasteiger partial charge in [-0.25, -0.2) is 0 Å². The lowest BCUT2D eigenvalue weighted by Gasteiger charge is -2.37. The van der Waals surface area contributed by atoms with Gasteiger partial charge in [0.25, 0.3) is 5.91 Å². The molecule has 0 N–H and O–H groups in total. The molecule has 2 aromatic rings. The van der Waals surface area contributed by atoms with Gasteiger partial charge in [0.1, 0.15) is 0 Å². The minimum atomic E-state index is -4.36. The molecule has 1 heterocycles. The second-order valence-corrected chi connectivity index (χ2v) is 6.09. The van der Waals surface area contributed by atoms with E-state index in [1.165, 1.54) is 13.0 Å². The minimum absolute atomic E-state index is 0.0407. The molecule has 25 heavy (non-hydrogen) atoms. The number of amides is 1. The predicted molar refractivity (Wildman–Crippen MR) is 90.7 cm³/mol. The van der Waals surface area contributed by atoms with Crippen LogP contribution in [0.15, 0.2) is 48.5 Å². The van der Waals surface area contributed by atoms with Crippen molar-refractivity contribution in [3.8, 4) is 0 Å². The first kappa shape index (κ1) is 17.3. The first-order chi connectivity index (χ1) is 11.9. The van der Waals surface area contributed by atoms with Gasteiger partial charge in [-0.15, -0.1) is 0 Å². The number of alkyl halides is 3. The third-order valence-electron chi connectivity index (χ3n) is 4.54. The summed E-state index contributed by atoms with van der Waals surface area (Å²) in [5.41, 5.74) is 0.846. The molecular formula is C19H19F3N2O. The van der Waals surface area contributed by atoms with Crippen LogP contribution in [-0.2, 0) is 6.18 Å². The number of carbonyl (C=O) groups excluding carboxylic acids is 1. The fourth-order valence-corrected chi connectivity index (χ4v) is 3.19. The Balaban J connectivity index is 1.72. The molecule has 0 spiro atoms. The van der Waals surface area contributed by atoms with Crippen molar-refractivity contribution in [2.24, 2.45) is 0 Å². The van der Waals surface area contributed by atoms with Crippen LogP contribution in [0.5, 0.6) is 0 Å². The summed E-state index contributed by atoms with van der Waals surface area (Å²) < 4.78 is 39.2. The third-order valence-corrected chi connectivity index (χ3v) is 4.54. The Hall–Kier alpha value is -2.50. The van der Waals surface area contributed by atoms with Gasteiger partial charge in [-0.05, 0) is 36.8 Å². The highest BCUT2D eigenvalue weighted by molar-refractivity contribution is 5.94. The minimum Gasteiger partial charge on any atom is -0.368 e. The topological polar surface area (TPSA) is 23.6 Å². The van der Waals surface area contributed by atoms with Crippen molar-refractivity contribution in [3.63, 3.8) is 0 Å². The van der Waals surface area contributed by atoms with Crippen molar-refractivity contribution in [1.82, 2.24) is 4.90 Å². The van der Waals surface area contributed by atoms with Crippen LogP contribution in [0.3, 0.4) is 0 Å². The Kier molecular flexibility index (Phi) is 4.70. The van der Waals surface area contributed by atoms with Gasteiger partial charge in [-0.1, -0.05) is 24.3 Å². The molecule has 0 aliphatic carbocycles. The molecule has 1 aliphatic rings. The maximum atomic E-state index is 13.1. The first-order valence-corrected chi connectivity index (χ1v) is 8.14. The molecule has 0 radical (unpaired) electrons. The zero-order chi connectivity index (χ0) is 18.0. The Morgan fingerprint density at radius 1 is 0.920 bits per heavy atom. The summed E-state index contributed by atoms with van der Waals surface area (Å²) in [6, 6.07) is 13.3. The van der Waals surface area contributed by atoms with E-state index in [1.807, 2.05) is 23.1 Å². The van der Waals surface area contributed by atoms with Crippen molar-refractivity contribution in [1.29, 1.82) is 0 Å². The van der Waals surface area contributed by atoms with Crippen LogP contribution in [0.25, 0.3) is 0 Å². The highest BCUT2D eigenvalue weighted by atomic mass is 19.4. The lowest BCUT2D eigenvalue weighted by Crippen LogP contribution is -2.49. The van der Waals surface area contributed by atoms with Gasteiger partial charge in [0, 0.05) is 37.4 Å². The average molecular weight is 348 g/mol. The van der Waals surface area contributed by atoms with Crippen LogP contribution in [0.2, 0.25) is 0 Å². The maximum Gasteiger partial charge on any atom is 0.416 e. The molecule has 0 aromatic heterocycles. The zero-order valence-electron chi connectivity index (χ0n) is 13.9. The van der Waals surface area contributed by atoms with E-state index in [9.17, 15) is 18.0 Å². The quantitative estimate of drug-likeness (QED) is 0.820. The Bertz CT molecular complexity index is 751. The molecule has 2 aromatic carbocycles. The number of carbonyl (C=O) groups is 1. The summed E-state index contributed by atoms with van der Waals surface area (Å²) in [6.45, 7) is 3.51. The number of rotatable bonds is 2. The van der Waals surface area contributed by atoms with Gasteiger partial charge in [0.2, 0.25) is 0 Å². The lowest BCUT2D eigenvalue weighted by molar-refractivity contribution is -0.138. The molecule has 6 heteroatoms. The van der Waals surface area contributed by atoms with Crippen LogP contribution in [0.1, 0.15) is 21.5 Å². The van der Waals surface area contributed by atoms with Gasteiger partial charge in [-0.2, -0.15) is 13.2 Å². The lowest BCUT2D eigenvalue weighted by atomic mass is 10.0. The number of hydrogen-bond donors (Lipinski definition) is 0. The second kappa shape index (κ2) is 6.78. The van der Waals surface area contributed by atoms with E-state index in [2.05, 4.69) is 0 Å². The summed E-state index contributed by atoms with van der Waals surface area (Å²) in [4.78, 5) is 16.1. The van der Waals surface area contributed by atoms with Gasteiger partial charge in [0.15, 0.2) is 0 Å². The van der Waals surface area contributed by atoms with Crippen LogP contribution in [0.4, 0.5) is 18.9 Å². The van der Waals surface area contributed by atoms with Gasteiger partial charge in [-0.3, -0.25) is 4.79 Å². The van der Waals surface area contributed by atoms with E-state index in [-0.39, 0.29) is 11.5 Å². The molecule has 1 amide bonds. The Labute approximate surface area is 144 Å². The number of nitrogens with zero attached hydrogens (tertiary/aromatic N) is 2. The highest BCUT2D eigenvalue weighted by Crippen LogP contribution is 2.36. The van der Waals surface area contributed by atoms with Crippen molar-refractivity contribution in [2.75, 3.05) is 31.1 Å². The summed E-state index contributed by atoms with van der Waals surface area (Å²) in [7, 11) is 0. The highest BCUT2D eigenvalue weighted by Gasteiger charge is 2.34. The SMILES string of the molecule is Cc1c(N2CCN(C(=O)c3ccccc3)CC2)cccc1C(F)(F)F. The fourth-order valence-electron chi connectivity index (χ4n) is 3.19. The average Bonchev–Trinajstić information content (AvgIpc) is 2.61. The summed E-state index contributed by atoms with van der Waals surface area (Å²) in [5, 5.41) is 0. The normalized spacial score (nSPS) is 15.4. The van der Waals surface area contributed by atoms with E-state index in [0.717, 1.165) is 6.07 Å².